The standard InChI is InChI=1S/C12H11N3O/c16-10-6-7-15-11(8-10)13-12(14-15)9-4-2-1-3-5-9/h1-5H,6-8H2. The molecule has 0 aliphatic carbocycles. The molecule has 0 bridgehead atoms. The number of Topliss-reactive ketones (excluding diaryl/α,β-unsaturated/α-hetero) is 1. The van der Waals surface area contributed by atoms with Gasteiger partial charge in [-0.1, -0.05) is 30.3 Å². The normalized spacial score (nSPS) is 14.9. The molecule has 3 rings (SSSR count). The molecule has 2 heterocycles. The van der Waals surface area contributed by atoms with Crippen LogP contribution < -0.4 is 0 Å². The lowest BCUT2D eigenvalue weighted by Gasteiger charge is -2.09. The second-order valence-electron chi connectivity index (χ2n) is 3.91. The summed E-state index contributed by atoms with van der Waals surface area (Å²) in [5.41, 5.74) is 0.997. The minimum atomic E-state index is 0.250. The highest BCUT2D eigenvalue weighted by atomic mass is 16.1. The molecule has 0 saturated carbocycles. The lowest BCUT2D eigenvalue weighted by molar-refractivity contribution is -0.119. The summed E-state index contributed by atoms with van der Waals surface area (Å²) in [6.45, 7) is 0.661. The van der Waals surface area contributed by atoms with Gasteiger partial charge >= 0.3 is 0 Å². The van der Waals surface area contributed by atoms with Crippen molar-refractivity contribution in [1.82, 2.24) is 14.8 Å². The van der Waals surface area contributed by atoms with Crippen LogP contribution in [0.2, 0.25) is 0 Å². The van der Waals surface area contributed by atoms with E-state index >= 15 is 0 Å². The molecule has 0 spiro atoms. The molecular weight excluding hydrogens is 202 g/mol. The number of carbonyl (C=O) groups is 1. The molecule has 1 aromatic heterocycles. The summed E-state index contributed by atoms with van der Waals surface area (Å²) >= 11 is 0. The highest BCUT2D eigenvalue weighted by Gasteiger charge is 2.19. The summed E-state index contributed by atoms with van der Waals surface area (Å²) in [4.78, 5) is 15.7. The Bertz CT molecular complexity index is 530. The van der Waals surface area contributed by atoms with Gasteiger partial charge in [-0.15, -0.1) is 0 Å². The van der Waals surface area contributed by atoms with E-state index in [2.05, 4.69) is 10.1 Å². The van der Waals surface area contributed by atoms with E-state index in [1.807, 2.05) is 35.0 Å². The van der Waals surface area contributed by atoms with Crippen molar-refractivity contribution in [2.75, 3.05) is 0 Å². The van der Waals surface area contributed by atoms with Crippen LogP contribution in [-0.4, -0.2) is 20.5 Å². The largest absolute Gasteiger partial charge is 0.299 e. The van der Waals surface area contributed by atoms with E-state index in [1.165, 1.54) is 0 Å². The smallest absolute Gasteiger partial charge is 0.181 e. The fourth-order valence-electron chi connectivity index (χ4n) is 1.89. The number of rotatable bonds is 1. The monoisotopic (exact) mass is 213 g/mol. The SMILES string of the molecule is O=C1CCn2nc(-c3ccccc3)nc2C1. The van der Waals surface area contributed by atoms with Crippen LogP contribution in [0.1, 0.15) is 12.2 Å². The Balaban J connectivity index is 2.02. The number of ketones is 1. The predicted molar refractivity (Wildman–Crippen MR) is 58.8 cm³/mol. The second-order valence-corrected chi connectivity index (χ2v) is 3.91. The van der Waals surface area contributed by atoms with E-state index < -0.39 is 0 Å². The first-order chi connectivity index (χ1) is 7.83. The zero-order valence-electron chi connectivity index (χ0n) is 8.76. The van der Waals surface area contributed by atoms with Gasteiger partial charge < -0.3 is 0 Å². The summed E-state index contributed by atoms with van der Waals surface area (Å²) in [5.74, 6) is 1.75. The van der Waals surface area contributed by atoms with Gasteiger partial charge in [-0.3, -0.25) is 4.79 Å². The zero-order chi connectivity index (χ0) is 11.0. The van der Waals surface area contributed by atoms with E-state index in [-0.39, 0.29) is 5.78 Å². The van der Waals surface area contributed by atoms with Crippen molar-refractivity contribution in [2.24, 2.45) is 0 Å². The van der Waals surface area contributed by atoms with E-state index in [9.17, 15) is 4.79 Å². The van der Waals surface area contributed by atoms with E-state index in [4.69, 9.17) is 0 Å². The maximum atomic E-state index is 11.3. The highest BCUT2D eigenvalue weighted by molar-refractivity contribution is 5.81. The molecule has 1 aliphatic heterocycles. The predicted octanol–water partition coefficient (Wildman–Crippen LogP) is 1.46. The first kappa shape index (κ1) is 9.27. The van der Waals surface area contributed by atoms with Gasteiger partial charge in [0.25, 0.3) is 0 Å². The zero-order valence-corrected chi connectivity index (χ0v) is 8.76. The van der Waals surface area contributed by atoms with Crippen molar-refractivity contribution in [2.45, 2.75) is 19.4 Å². The number of aromatic nitrogens is 3. The second kappa shape index (κ2) is 3.56. The molecule has 4 heteroatoms. The van der Waals surface area contributed by atoms with Gasteiger partial charge in [0.2, 0.25) is 0 Å². The van der Waals surface area contributed by atoms with Gasteiger partial charge in [-0.25, -0.2) is 9.67 Å². The number of carbonyl (C=O) groups excluding carboxylic acids is 1. The number of hydrogen-bond acceptors (Lipinski definition) is 3. The number of nitrogens with zero attached hydrogens (tertiary/aromatic N) is 3. The molecule has 80 valence electrons. The molecule has 2 aromatic rings. The molecule has 0 unspecified atom stereocenters. The van der Waals surface area contributed by atoms with Crippen LogP contribution in [0, 0.1) is 0 Å². The lowest BCUT2D eigenvalue weighted by Crippen LogP contribution is -2.19. The third kappa shape index (κ3) is 1.52. The fourth-order valence-corrected chi connectivity index (χ4v) is 1.89. The first-order valence-electron chi connectivity index (χ1n) is 5.34. The first-order valence-corrected chi connectivity index (χ1v) is 5.34. The Kier molecular flexibility index (Phi) is 2.06. The molecule has 0 radical (unpaired) electrons. The maximum Gasteiger partial charge on any atom is 0.181 e. The molecule has 16 heavy (non-hydrogen) atoms. The summed E-state index contributed by atoms with van der Waals surface area (Å²) in [6, 6.07) is 9.83. The van der Waals surface area contributed by atoms with E-state index in [1.54, 1.807) is 0 Å². The molecule has 0 atom stereocenters. The Morgan fingerprint density at radius 1 is 1.19 bits per heavy atom. The molecule has 1 aromatic carbocycles. The number of hydrogen-bond donors (Lipinski definition) is 0. The van der Waals surface area contributed by atoms with Crippen LogP contribution >= 0.6 is 0 Å². The molecule has 4 nitrogen and oxygen atoms in total. The third-order valence-corrected chi connectivity index (χ3v) is 2.74. The molecule has 0 N–H and O–H groups in total. The summed E-state index contributed by atoms with van der Waals surface area (Å²) in [6.07, 6.45) is 0.990. The van der Waals surface area contributed by atoms with Gasteiger partial charge in [0, 0.05) is 18.5 Å². The Morgan fingerprint density at radius 2 is 2.00 bits per heavy atom. The summed E-state index contributed by atoms with van der Waals surface area (Å²) < 4.78 is 1.84. The van der Waals surface area contributed by atoms with Crippen LogP contribution in [0.4, 0.5) is 0 Å². The molecule has 0 saturated heterocycles. The lowest BCUT2D eigenvalue weighted by atomic mass is 10.1. The number of aryl methyl sites for hydroxylation is 1. The van der Waals surface area contributed by atoms with Gasteiger partial charge in [-0.2, -0.15) is 5.10 Å². The van der Waals surface area contributed by atoms with Crippen molar-refractivity contribution in [3.63, 3.8) is 0 Å². The van der Waals surface area contributed by atoms with Crippen molar-refractivity contribution < 1.29 is 4.79 Å². The Morgan fingerprint density at radius 3 is 2.81 bits per heavy atom. The van der Waals surface area contributed by atoms with Crippen molar-refractivity contribution in [1.29, 1.82) is 0 Å². The van der Waals surface area contributed by atoms with Crippen LogP contribution in [0.15, 0.2) is 30.3 Å². The van der Waals surface area contributed by atoms with Crippen LogP contribution in [0.3, 0.4) is 0 Å². The van der Waals surface area contributed by atoms with Gasteiger partial charge in [0.15, 0.2) is 5.82 Å². The van der Waals surface area contributed by atoms with Crippen LogP contribution in [-0.2, 0) is 17.8 Å². The average Bonchev–Trinajstić information content (AvgIpc) is 2.73. The summed E-state index contributed by atoms with van der Waals surface area (Å²) in [5, 5.41) is 4.41. The Labute approximate surface area is 92.9 Å². The fraction of sp³-hybridized carbons (Fsp3) is 0.250. The molecular formula is C12H11N3O. The van der Waals surface area contributed by atoms with Crippen molar-refractivity contribution >= 4 is 5.78 Å². The van der Waals surface area contributed by atoms with Crippen molar-refractivity contribution in [3.05, 3.63) is 36.2 Å². The molecule has 1 aliphatic rings. The molecule has 0 fully saturated rings. The maximum absolute atomic E-state index is 11.3. The van der Waals surface area contributed by atoms with Gasteiger partial charge in [0.1, 0.15) is 11.6 Å². The van der Waals surface area contributed by atoms with Gasteiger partial charge in [-0.05, 0) is 0 Å². The van der Waals surface area contributed by atoms with Crippen LogP contribution in [0.5, 0.6) is 0 Å². The highest BCUT2D eigenvalue weighted by Crippen LogP contribution is 2.17. The van der Waals surface area contributed by atoms with Crippen molar-refractivity contribution in [3.8, 4) is 11.4 Å². The topological polar surface area (TPSA) is 47.8 Å². The molecule has 0 amide bonds. The third-order valence-electron chi connectivity index (χ3n) is 2.74. The Hall–Kier alpha value is -1.97. The average molecular weight is 213 g/mol. The quantitative estimate of drug-likeness (QED) is 0.720. The number of benzene rings is 1. The van der Waals surface area contributed by atoms with E-state index in [0.717, 1.165) is 11.4 Å². The number of fused-ring (bicyclic) bond motifs is 1. The van der Waals surface area contributed by atoms with E-state index in [0.29, 0.717) is 25.2 Å². The summed E-state index contributed by atoms with van der Waals surface area (Å²) in [7, 11) is 0. The minimum absolute atomic E-state index is 0.250. The van der Waals surface area contributed by atoms with Gasteiger partial charge in [0.05, 0.1) is 6.42 Å². The van der Waals surface area contributed by atoms with Crippen LogP contribution in [0.25, 0.3) is 11.4 Å². The minimum Gasteiger partial charge on any atom is -0.299 e.